The van der Waals surface area contributed by atoms with E-state index in [4.69, 9.17) is 11.5 Å². The molecule has 1 aliphatic rings. The molecule has 0 aromatic carbocycles. The highest BCUT2D eigenvalue weighted by atomic mass is 16.2. The number of aromatic nitrogens is 2. The van der Waals surface area contributed by atoms with Gasteiger partial charge >= 0.3 is 0 Å². The first-order chi connectivity index (χ1) is 11.2. The van der Waals surface area contributed by atoms with Crippen LogP contribution in [-0.2, 0) is 11.3 Å². The average Bonchev–Trinajstić information content (AvgIpc) is 2.47. The zero-order valence-electron chi connectivity index (χ0n) is 13.6. The molecular formula is C16H19N5O3. The van der Waals surface area contributed by atoms with Crippen molar-refractivity contribution in [2.45, 2.75) is 20.4 Å². The number of carbonyl (C=O) groups excluding carboxylic acids is 2. The Balaban J connectivity index is 2.06. The quantitative estimate of drug-likeness (QED) is 0.816. The van der Waals surface area contributed by atoms with Gasteiger partial charge in [0.15, 0.2) is 0 Å². The van der Waals surface area contributed by atoms with Gasteiger partial charge in [-0.25, -0.2) is 4.98 Å². The SMILES string of the molecule is CC1(C)CN(C(=O)Cn2c(=O)c(C(N)=O)cc3ccc(N)nc32)C1. The molecule has 0 radical (unpaired) electrons. The summed E-state index contributed by atoms with van der Waals surface area (Å²) in [6.45, 7) is 5.18. The summed E-state index contributed by atoms with van der Waals surface area (Å²) >= 11 is 0. The number of likely N-dealkylation sites (tertiary alicyclic amines) is 1. The molecule has 0 saturated carbocycles. The number of pyridine rings is 2. The number of rotatable bonds is 3. The molecule has 126 valence electrons. The van der Waals surface area contributed by atoms with Crippen LogP contribution in [0.2, 0.25) is 0 Å². The molecule has 0 unspecified atom stereocenters. The lowest BCUT2D eigenvalue weighted by Gasteiger charge is -2.45. The molecule has 2 amide bonds. The maximum Gasteiger partial charge on any atom is 0.265 e. The molecule has 1 fully saturated rings. The molecule has 3 heterocycles. The standard InChI is InChI=1S/C16H19N5O3/c1-16(2)7-20(8-16)12(22)6-21-14-9(3-4-11(17)19-14)5-10(13(18)23)15(21)24/h3-5H,6-8H2,1-2H3,(H2,17,19)(H2,18,23). The van der Waals surface area contributed by atoms with Crippen LogP contribution < -0.4 is 17.0 Å². The number of amides is 2. The van der Waals surface area contributed by atoms with Crippen molar-refractivity contribution in [2.24, 2.45) is 11.1 Å². The van der Waals surface area contributed by atoms with Gasteiger partial charge in [-0.15, -0.1) is 0 Å². The Morgan fingerprint density at radius 2 is 1.96 bits per heavy atom. The third-order valence-corrected chi connectivity index (χ3v) is 4.11. The maximum atomic E-state index is 12.5. The van der Waals surface area contributed by atoms with E-state index >= 15 is 0 Å². The Labute approximate surface area is 138 Å². The summed E-state index contributed by atoms with van der Waals surface area (Å²) in [6.07, 6.45) is 0. The van der Waals surface area contributed by atoms with Crippen molar-refractivity contribution in [3.63, 3.8) is 0 Å². The molecule has 4 N–H and O–H groups in total. The van der Waals surface area contributed by atoms with Crippen molar-refractivity contribution in [3.05, 3.63) is 34.1 Å². The predicted molar refractivity (Wildman–Crippen MR) is 89.3 cm³/mol. The minimum absolute atomic E-state index is 0.0838. The topological polar surface area (TPSA) is 124 Å². The molecule has 24 heavy (non-hydrogen) atoms. The number of nitrogens with two attached hydrogens (primary N) is 2. The molecule has 0 spiro atoms. The van der Waals surface area contributed by atoms with Crippen molar-refractivity contribution in [3.8, 4) is 0 Å². The van der Waals surface area contributed by atoms with E-state index in [0.29, 0.717) is 18.5 Å². The number of carbonyl (C=O) groups is 2. The van der Waals surface area contributed by atoms with Gasteiger partial charge in [-0.1, -0.05) is 13.8 Å². The molecule has 2 aromatic rings. The molecule has 0 atom stereocenters. The van der Waals surface area contributed by atoms with Gasteiger partial charge in [0.2, 0.25) is 5.91 Å². The number of nitrogens with zero attached hydrogens (tertiary/aromatic N) is 3. The fourth-order valence-electron chi connectivity index (χ4n) is 2.98. The summed E-state index contributed by atoms with van der Waals surface area (Å²) in [6, 6.07) is 4.57. The minimum atomic E-state index is -0.843. The smallest absolute Gasteiger partial charge is 0.265 e. The average molecular weight is 329 g/mol. The number of nitrogen functional groups attached to an aromatic ring is 1. The highest BCUT2D eigenvalue weighted by molar-refractivity contribution is 5.96. The summed E-state index contributed by atoms with van der Waals surface area (Å²) in [5, 5.41) is 0.523. The zero-order chi connectivity index (χ0) is 17.6. The van der Waals surface area contributed by atoms with E-state index in [1.165, 1.54) is 10.6 Å². The third-order valence-electron chi connectivity index (χ3n) is 4.11. The van der Waals surface area contributed by atoms with Gasteiger partial charge in [-0.2, -0.15) is 0 Å². The van der Waals surface area contributed by atoms with Crippen LogP contribution in [0.4, 0.5) is 5.82 Å². The third kappa shape index (κ3) is 2.70. The molecule has 8 heteroatoms. The van der Waals surface area contributed by atoms with Crippen LogP contribution in [0.1, 0.15) is 24.2 Å². The fraction of sp³-hybridized carbons (Fsp3) is 0.375. The number of primary amides is 1. The summed E-state index contributed by atoms with van der Waals surface area (Å²) in [5.74, 6) is -0.825. The number of hydrogen-bond donors (Lipinski definition) is 2. The van der Waals surface area contributed by atoms with Gasteiger partial charge in [0, 0.05) is 18.5 Å². The lowest BCUT2D eigenvalue weighted by atomic mass is 9.84. The van der Waals surface area contributed by atoms with E-state index < -0.39 is 11.5 Å². The fourth-order valence-corrected chi connectivity index (χ4v) is 2.98. The second-order valence-electron chi connectivity index (χ2n) is 6.88. The summed E-state index contributed by atoms with van der Waals surface area (Å²) < 4.78 is 1.17. The van der Waals surface area contributed by atoms with Gasteiger partial charge < -0.3 is 16.4 Å². The van der Waals surface area contributed by atoms with Crippen LogP contribution in [0.5, 0.6) is 0 Å². The van der Waals surface area contributed by atoms with Crippen molar-refractivity contribution in [1.82, 2.24) is 14.5 Å². The minimum Gasteiger partial charge on any atom is -0.384 e. The van der Waals surface area contributed by atoms with Crippen LogP contribution in [0.15, 0.2) is 23.0 Å². The molecule has 0 bridgehead atoms. The predicted octanol–water partition coefficient (Wildman–Crippen LogP) is -0.0540. The first-order valence-corrected chi connectivity index (χ1v) is 7.56. The first kappa shape index (κ1) is 16.0. The Kier molecular flexibility index (Phi) is 3.55. The molecule has 0 aliphatic carbocycles. The van der Waals surface area contributed by atoms with E-state index in [9.17, 15) is 14.4 Å². The van der Waals surface area contributed by atoms with Gasteiger partial charge in [0.25, 0.3) is 11.5 Å². The lowest BCUT2D eigenvalue weighted by molar-refractivity contribution is -0.142. The largest absolute Gasteiger partial charge is 0.384 e. The zero-order valence-corrected chi connectivity index (χ0v) is 13.6. The number of fused-ring (bicyclic) bond motifs is 1. The second kappa shape index (κ2) is 5.33. The number of hydrogen-bond acceptors (Lipinski definition) is 5. The summed E-state index contributed by atoms with van der Waals surface area (Å²) in [5.41, 5.74) is 10.5. The molecule has 8 nitrogen and oxygen atoms in total. The maximum absolute atomic E-state index is 12.5. The van der Waals surface area contributed by atoms with Crippen LogP contribution in [-0.4, -0.2) is 39.4 Å². The van der Waals surface area contributed by atoms with Gasteiger partial charge in [-0.05, 0) is 23.6 Å². The monoisotopic (exact) mass is 329 g/mol. The van der Waals surface area contributed by atoms with Gasteiger partial charge in [0.05, 0.1) is 0 Å². The Bertz CT molecular complexity index is 908. The normalized spacial score (nSPS) is 16.0. The van der Waals surface area contributed by atoms with Gasteiger partial charge in [0.1, 0.15) is 23.6 Å². The Morgan fingerprint density at radius 1 is 1.29 bits per heavy atom. The van der Waals surface area contributed by atoms with Crippen LogP contribution in [0.3, 0.4) is 0 Å². The Hall–Kier alpha value is -2.90. The van der Waals surface area contributed by atoms with Crippen molar-refractivity contribution in [1.29, 1.82) is 0 Å². The second-order valence-corrected chi connectivity index (χ2v) is 6.88. The van der Waals surface area contributed by atoms with E-state index in [2.05, 4.69) is 18.8 Å². The summed E-state index contributed by atoms with van der Waals surface area (Å²) in [4.78, 5) is 42.3. The van der Waals surface area contributed by atoms with E-state index in [-0.39, 0.29) is 34.9 Å². The van der Waals surface area contributed by atoms with Gasteiger partial charge in [-0.3, -0.25) is 19.0 Å². The highest BCUT2D eigenvalue weighted by Crippen LogP contribution is 2.28. The van der Waals surface area contributed by atoms with Crippen molar-refractivity contribution >= 4 is 28.7 Å². The molecule has 1 aliphatic heterocycles. The molecule has 3 rings (SSSR count). The van der Waals surface area contributed by atoms with E-state index in [1.807, 2.05) is 0 Å². The van der Waals surface area contributed by atoms with Crippen LogP contribution >= 0.6 is 0 Å². The van der Waals surface area contributed by atoms with Crippen molar-refractivity contribution < 1.29 is 9.59 Å². The first-order valence-electron chi connectivity index (χ1n) is 7.56. The molecule has 1 saturated heterocycles. The lowest BCUT2D eigenvalue weighted by Crippen LogP contribution is -2.56. The van der Waals surface area contributed by atoms with Crippen LogP contribution in [0.25, 0.3) is 11.0 Å². The Morgan fingerprint density at radius 3 is 2.54 bits per heavy atom. The van der Waals surface area contributed by atoms with Crippen LogP contribution in [0, 0.1) is 5.41 Å². The summed E-state index contributed by atoms with van der Waals surface area (Å²) in [7, 11) is 0. The highest BCUT2D eigenvalue weighted by Gasteiger charge is 2.37. The molecular weight excluding hydrogens is 310 g/mol. The number of anilines is 1. The van der Waals surface area contributed by atoms with Crippen molar-refractivity contribution in [2.75, 3.05) is 18.8 Å². The van der Waals surface area contributed by atoms with E-state index in [1.54, 1.807) is 17.0 Å². The van der Waals surface area contributed by atoms with E-state index in [0.717, 1.165) is 0 Å². The molecule has 2 aromatic heterocycles.